The zero-order valence-corrected chi connectivity index (χ0v) is 8.73. The van der Waals surface area contributed by atoms with Gasteiger partial charge in [-0.3, -0.25) is 4.79 Å². The lowest BCUT2D eigenvalue weighted by Crippen LogP contribution is -2.14. The molecule has 0 spiro atoms. The molecule has 0 bridgehead atoms. The third kappa shape index (κ3) is 1.38. The minimum atomic E-state index is 0.233. The second-order valence-corrected chi connectivity index (χ2v) is 4.81. The first-order valence-electron chi connectivity index (χ1n) is 4.10. The Morgan fingerprint density at radius 2 is 2.38 bits per heavy atom. The van der Waals surface area contributed by atoms with E-state index in [-0.39, 0.29) is 5.92 Å². The Labute approximate surface area is 86.5 Å². The predicted molar refractivity (Wildman–Crippen MR) is 56.7 cm³/mol. The van der Waals surface area contributed by atoms with Crippen molar-refractivity contribution >= 4 is 29.6 Å². The molecule has 0 fully saturated rings. The van der Waals surface area contributed by atoms with Crippen molar-refractivity contribution in [1.29, 1.82) is 0 Å². The first kappa shape index (κ1) is 9.10. The average molecular weight is 213 g/mol. The van der Waals surface area contributed by atoms with E-state index in [4.69, 9.17) is 11.6 Å². The largest absolute Gasteiger partial charge is 0.297 e. The number of thioether (sulfide) groups is 1. The van der Waals surface area contributed by atoms with Gasteiger partial charge in [0.15, 0.2) is 6.29 Å². The lowest BCUT2D eigenvalue weighted by atomic mass is 9.92. The van der Waals surface area contributed by atoms with Crippen LogP contribution in [0, 0.1) is 5.92 Å². The Morgan fingerprint density at radius 1 is 1.62 bits per heavy atom. The molecule has 0 aromatic carbocycles. The van der Waals surface area contributed by atoms with Crippen LogP contribution in [0.5, 0.6) is 0 Å². The van der Waals surface area contributed by atoms with Crippen molar-refractivity contribution in [1.82, 2.24) is 0 Å². The molecule has 1 aliphatic carbocycles. The normalized spacial score (nSPS) is 31.7. The molecule has 0 aromatic heterocycles. The molecule has 0 saturated heterocycles. The van der Waals surface area contributed by atoms with Crippen LogP contribution >= 0.6 is 23.4 Å². The maximum Gasteiger partial charge on any atom is 0.157 e. The van der Waals surface area contributed by atoms with Gasteiger partial charge in [0.05, 0.1) is 4.91 Å². The van der Waals surface area contributed by atoms with Gasteiger partial charge in [-0.05, 0) is 6.92 Å². The lowest BCUT2D eigenvalue weighted by molar-refractivity contribution is -0.104. The van der Waals surface area contributed by atoms with Gasteiger partial charge in [-0.25, -0.2) is 0 Å². The predicted octanol–water partition coefficient (Wildman–Crippen LogP) is 2.88. The Kier molecular flexibility index (Phi) is 2.35. The molecular formula is C10H9ClOS. The van der Waals surface area contributed by atoms with Crippen molar-refractivity contribution in [3.05, 3.63) is 33.7 Å². The third-order valence-corrected chi connectivity index (χ3v) is 4.18. The van der Waals surface area contributed by atoms with Crippen LogP contribution in [0.4, 0.5) is 0 Å². The highest BCUT2D eigenvalue weighted by molar-refractivity contribution is 8.05. The van der Waals surface area contributed by atoms with Crippen LogP contribution in [-0.2, 0) is 4.79 Å². The summed E-state index contributed by atoms with van der Waals surface area (Å²) in [5.41, 5.74) is 1.24. The molecule has 0 amide bonds. The molecule has 2 atom stereocenters. The molecule has 1 nitrogen and oxygen atoms in total. The summed E-state index contributed by atoms with van der Waals surface area (Å²) in [5, 5.41) is 1.04. The second-order valence-electron chi connectivity index (χ2n) is 3.19. The first-order valence-corrected chi connectivity index (χ1v) is 5.36. The highest BCUT2D eigenvalue weighted by Gasteiger charge is 2.35. The van der Waals surface area contributed by atoms with Crippen molar-refractivity contribution in [2.45, 2.75) is 12.2 Å². The number of rotatable bonds is 1. The van der Waals surface area contributed by atoms with Crippen molar-refractivity contribution < 1.29 is 4.79 Å². The molecule has 1 aliphatic heterocycles. The number of fused-ring (bicyclic) bond motifs is 1. The molecule has 0 unspecified atom stereocenters. The quantitative estimate of drug-likeness (QED) is 0.622. The van der Waals surface area contributed by atoms with Gasteiger partial charge in [0.25, 0.3) is 0 Å². The van der Waals surface area contributed by atoms with Gasteiger partial charge in [-0.2, -0.15) is 0 Å². The zero-order chi connectivity index (χ0) is 9.42. The lowest BCUT2D eigenvalue weighted by Gasteiger charge is -2.20. The highest BCUT2D eigenvalue weighted by Crippen LogP contribution is 2.48. The van der Waals surface area contributed by atoms with E-state index in [1.54, 1.807) is 11.8 Å². The molecule has 0 radical (unpaired) electrons. The Morgan fingerprint density at radius 3 is 3.00 bits per heavy atom. The molecule has 3 heteroatoms. The van der Waals surface area contributed by atoms with Gasteiger partial charge in [0.2, 0.25) is 0 Å². The summed E-state index contributed by atoms with van der Waals surface area (Å²) >= 11 is 7.66. The number of aldehydes is 1. The summed E-state index contributed by atoms with van der Waals surface area (Å²) in [7, 11) is 0. The maximum absolute atomic E-state index is 10.7. The molecule has 0 saturated carbocycles. The zero-order valence-electron chi connectivity index (χ0n) is 7.16. The van der Waals surface area contributed by atoms with E-state index < -0.39 is 0 Å². The Balaban J connectivity index is 2.39. The summed E-state index contributed by atoms with van der Waals surface area (Å²) in [4.78, 5) is 11.4. The van der Waals surface area contributed by atoms with Gasteiger partial charge in [0.1, 0.15) is 0 Å². The van der Waals surface area contributed by atoms with E-state index in [1.165, 1.54) is 5.57 Å². The van der Waals surface area contributed by atoms with Crippen molar-refractivity contribution in [2.75, 3.05) is 0 Å². The van der Waals surface area contributed by atoms with E-state index in [9.17, 15) is 4.79 Å². The van der Waals surface area contributed by atoms with Crippen LogP contribution in [-0.4, -0.2) is 11.5 Å². The number of allylic oxidation sites excluding steroid dienone is 5. The molecule has 13 heavy (non-hydrogen) atoms. The van der Waals surface area contributed by atoms with Gasteiger partial charge < -0.3 is 0 Å². The summed E-state index contributed by atoms with van der Waals surface area (Å²) in [6.45, 7) is 2.05. The number of hydrogen-bond donors (Lipinski definition) is 0. The molecular weight excluding hydrogens is 204 g/mol. The van der Waals surface area contributed by atoms with Crippen molar-refractivity contribution in [3.8, 4) is 0 Å². The summed E-state index contributed by atoms with van der Waals surface area (Å²) in [5.74, 6) is 0.233. The summed E-state index contributed by atoms with van der Waals surface area (Å²) < 4.78 is 0. The topological polar surface area (TPSA) is 17.1 Å². The molecule has 2 aliphatic rings. The molecule has 0 aromatic rings. The van der Waals surface area contributed by atoms with Crippen LogP contribution in [0.2, 0.25) is 0 Å². The summed E-state index contributed by atoms with van der Waals surface area (Å²) in [6.07, 6.45) is 7.03. The first-order chi connectivity index (χ1) is 6.24. The number of carbonyl (C=O) groups is 1. The van der Waals surface area contributed by atoms with Crippen molar-refractivity contribution in [3.63, 3.8) is 0 Å². The number of halogens is 1. The van der Waals surface area contributed by atoms with Crippen molar-refractivity contribution in [2.24, 2.45) is 5.92 Å². The fraction of sp³-hybridized carbons (Fsp3) is 0.300. The fourth-order valence-corrected chi connectivity index (χ4v) is 3.49. The van der Waals surface area contributed by atoms with Crippen LogP contribution in [0.25, 0.3) is 0 Å². The molecule has 68 valence electrons. The Bertz CT molecular complexity index is 341. The van der Waals surface area contributed by atoms with Gasteiger partial charge in [0, 0.05) is 16.2 Å². The highest BCUT2D eigenvalue weighted by atomic mass is 35.5. The van der Waals surface area contributed by atoms with Crippen LogP contribution in [0.3, 0.4) is 0 Å². The molecule has 2 rings (SSSR count). The standard InChI is InChI=1S/C10H9ClOS/c1-6-3-2-4-7-9(6)10(11)8(5-12)13-7/h2-5,7,9H,1H3/t7-,9+/m1/s1. The van der Waals surface area contributed by atoms with E-state index in [1.807, 2.05) is 6.08 Å². The smallest absolute Gasteiger partial charge is 0.157 e. The number of hydrogen-bond acceptors (Lipinski definition) is 2. The number of carbonyl (C=O) groups excluding carboxylic acids is 1. The van der Waals surface area contributed by atoms with Gasteiger partial charge in [-0.1, -0.05) is 35.4 Å². The minimum absolute atomic E-state index is 0.233. The van der Waals surface area contributed by atoms with Crippen LogP contribution in [0.1, 0.15) is 6.92 Å². The Hall–Kier alpha value is -0.470. The van der Waals surface area contributed by atoms with E-state index in [0.717, 1.165) is 6.29 Å². The van der Waals surface area contributed by atoms with Gasteiger partial charge in [-0.15, -0.1) is 11.8 Å². The third-order valence-electron chi connectivity index (χ3n) is 2.36. The SMILES string of the molecule is CC1=CC=C[C@H]2SC(C=O)=C(Cl)[C@@H]12. The van der Waals surface area contributed by atoms with Crippen LogP contribution < -0.4 is 0 Å². The second kappa shape index (κ2) is 3.35. The maximum atomic E-state index is 10.7. The van der Waals surface area contributed by atoms with Gasteiger partial charge >= 0.3 is 0 Å². The van der Waals surface area contributed by atoms with E-state index in [0.29, 0.717) is 15.2 Å². The average Bonchev–Trinajstić information content (AvgIpc) is 2.44. The fourth-order valence-electron chi connectivity index (χ4n) is 1.68. The monoisotopic (exact) mass is 212 g/mol. The van der Waals surface area contributed by atoms with E-state index >= 15 is 0 Å². The van der Waals surface area contributed by atoms with E-state index in [2.05, 4.69) is 19.1 Å². The molecule has 0 N–H and O–H groups in total. The van der Waals surface area contributed by atoms with Crippen LogP contribution in [0.15, 0.2) is 33.7 Å². The molecule has 1 heterocycles. The summed E-state index contributed by atoms with van der Waals surface area (Å²) in [6, 6.07) is 0. The minimum Gasteiger partial charge on any atom is -0.297 e.